The van der Waals surface area contributed by atoms with E-state index in [1.54, 1.807) is 6.20 Å². The molecule has 0 amide bonds. The van der Waals surface area contributed by atoms with Crippen LogP contribution in [0.25, 0.3) is 43.9 Å². The van der Waals surface area contributed by atoms with Gasteiger partial charge in [-0.3, -0.25) is 0 Å². The van der Waals surface area contributed by atoms with E-state index in [1.165, 1.54) is 0 Å². The van der Waals surface area contributed by atoms with Crippen LogP contribution in [0.5, 0.6) is 11.6 Å². The number of fused-ring (bicyclic) bond motifs is 6. The molecule has 3 aromatic heterocycles. The summed E-state index contributed by atoms with van der Waals surface area (Å²) in [6.45, 7) is 2.02. The number of para-hydroxylation sites is 3. The minimum Gasteiger partial charge on any atom is -0.513 e. The van der Waals surface area contributed by atoms with Crippen LogP contribution in [0.1, 0.15) is 0 Å². The van der Waals surface area contributed by atoms with Crippen molar-refractivity contribution in [3.05, 3.63) is 147 Å². The van der Waals surface area contributed by atoms with Crippen molar-refractivity contribution in [3.63, 3.8) is 0 Å². The fourth-order valence-electron chi connectivity index (χ4n) is 6.06. The number of benzene rings is 5. The van der Waals surface area contributed by atoms with E-state index >= 15 is 0 Å². The van der Waals surface area contributed by atoms with Crippen molar-refractivity contribution in [2.45, 2.75) is 0 Å². The van der Waals surface area contributed by atoms with Crippen molar-refractivity contribution in [3.8, 4) is 11.6 Å². The van der Waals surface area contributed by atoms with Crippen LogP contribution in [0.3, 0.4) is 0 Å². The van der Waals surface area contributed by atoms with Crippen molar-refractivity contribution in [2.24, 2.45) is 0 Å². The first-order chi connectivity index (χ1) is 22.7. The molecule has 4 heterocycles. The normalized spacial score (nSPS) is 12.8. The number of furan rings is 2. The maximum absolute atomic E-state index is 6.64. The van der Waals surface area contributed by atoms with Crippen LogP contribution in [0.2, 0.25) is 0 Å². The van der Waals surface area contributed by atoms with Gasteiger partial charge in [0.2, 0.25) is 5.88 Å². The van der Waals surface area contributed by atoms with Crippen LogP contribution >= 0.6 is 0 Å². The molecule has 0 unspecified atom stereocenters. The number of hydrogen-bond acceptors (Lipinski definition) is 7. The van der Waals surface area contributed by atoms with Crippen molar-refractivity contribution in [1.29, 1.82) is 0 Å². The molecule has 9 rings (SSSR count). The van der Waals surface area contributed by atoms with Crippen LogP contribution in [-0.2, 0) is 21.1 Å². The molecule has 47 heavy (non-hydrogen) atoms. The Balaban J connectivity index is 0.00000324. The summed E-state index contributed by atoms with van der Waals surface area (Å²) in [6, 6.07) is 43.2. The van der Waals surface area contributed by atoms with Gasteiger partial charge < -0.3 is 28.3 Å². The largest absolute Gasteiger partial charge is 0.513 e. The monoisotopic (exact) mass is 792 g/mol. The molecule has 0 spiro atoms. The van der Waals surface area contributed by atoms with Crippen molar-refractivity contribution >= 4 is 66.6 Å². The summed E-state index contributed by atoms with van der Waals surface area (Å²) in [5.74, 6) is 0.927. The first-order valence-electron chi connectivity index (χ1n) is 14.9. The minimum atomic E-state index is 0. The first-order valence-corrected chi connectivity index (χ1v) is 14.9. The topological polar surface area (TPSA) is 58.1 Å². The van der Waals surface area contributed by atoms with Gasteiger partial charge >= 0.3 is 0 Å². The predicted octanol–water partition coefficient (Wildman–Crippen LogP) is 10.1. The molecule has 0 saturated carbocycles. The van der Waals surface area contributed by atoms with Gasteiger partial charge in [0.05, 0.1) is 0 Å². The van der Waals surface area contributed by atoms with Crippen molar-refractivity contribution in [1.82, 2.24) is 9.88 Å². The van der Waals surface area contributed by atoms with E-state index in [0.29, 0.717) is 22.8 Å². The van der Waals surface area contributed by atoms with Crippen LogP contribution in [-0.4, -0.2) is 16.9 Å². The second-order valence-corrected chi connectivity index (χ2v) is 11.1. The number of hydrogen-bond donors (Lipinski definition) is 0. The quantitative estimate of drug-likeness (QED) is 0.156. The molecule has 1 aliphatic rings. The molecule has 8 aromatic rings. The van der Waals surface area contributed by atoms with E-state index in [1.807, 2.05) is 110 Å². The maximum atomic E-state index is 6.64. The SMILES string of the molecule is CN1C=CN(c2[c-]c(N(c3ccccc3)c3[c-]c(Oc4ccccn4)cc4oc5ccccc5c34)c3oc4ccccc4c3c2)[CH-]1.[Pt]. The third kappa shape index (κ3) is 5.00. The predicted molar refractivity (Wildman–Crippen MR) is 181 cm³/mol. The van der Waals surface area contributed by atoms with Gasteiger partial charge in [-0.1, -0.05) is 83.2 Å². The van der Waals surface area contributed by atoms with E-state index in [-0.39, 0.29) is 21.1 Å². The zero-order valence-electron chi connectivity index (χ0n) is 25.0. The van der Waals surface area contributed by atoms with Gasteiger partial charge in [0.1, 0.15) is 11.2 Å². The number of anilines is 4. The molecule has 0 bridgehead atoms. The number of nitrogens with zero attached hydrogens (tertiary/aromatic N) is 4. The Kier molecular flexibility index (Phi) is 7.19. The maximum Gasteiger partial charge on any atom is 0.216 e. The summed E-state index contributed by atoms with van der Waals surface area (Å²) in [4.78, 5) is 10.6. The summed E-state index contributed by atoms with van der Waals surface area (Å²) in [5.41, 5.74) is 6.15. The van der Waals surface area contributed by atoms with Gasteiger partial charge in [0.15, 0.2) is 0 Å². The van der Waals surface area contributed by atoms with Crippen LogP contribution in [0, 0.1) is 18.8 Å². The smallest absolute Gasteiger partial charge is 0.216 e. The second kappa shape index (κ2) is 11.7. The zero-order valence-corrected chi connectivity index (χ0v) is 27.3. The minimum absolute atomic E-state index is 0. The third-order valence-corrected chi connectivity index (χ3v) is 8.10. The molecule has 0 atom stereocenters. The van der Waals surface area contributed by atoms with Gasteiger partial charge in [-0.15, -0.1) is 23.9 Å². The Hall–Kier alpha value is -5.52. The van der Waals surface area contributed by atoms with Crippen LogP contribution in [0.15, 0.2) is 137 Å². The van der Waals surface area contributed by atoms with Gasteiger partial charge in [-0.25, -0.2) is 4.98 Å². The summed E-state index contributed by atoms with van der Waals surface area (Å²) in [5, 5.41) is 3.85. The molecule has 0 radical (unpaired) electrons. The molecule has 1 aliphatic heterocycles. The number of ether oxygens (including phenoxy) is 1. The summed E-state index contributed by atoms with van der Waals surface area (Å²) in [6.07, 6.45) is 5.73. The molecular weight excluding hydrogens is 768 g/mol. The van der Waals surface area contributed by atoms with E-state index in [2.05, 4.69) is 57.2 Å². The Labute approximate surface area is 285 Å². The Morgan fingerprint density at radius 3 is 2.23 bits per heavy atom. The number of aromatic nitrogens is 1. The van der Waals surface area contributed by atoms with Gasteiger partial charge in [0, 0.05) is 61.3 Å². The molecule has 8 heteroatoms. The molecule has 0 N–H and O–H groups in total. The van der Waals surface area contributed by atoms with E-state index < -0.39 is 0 Å². The average Bonchev–Trinajstić information content (AvgIpc) is 3.80. The Bertz CT molecular complexity index is 2420. The number of pyridine rings is 1. The fraction of sp³-hybridized carbons (Fsp3) is 0.0256. The standard InChI is InChI=1S/C39H25N4O3.Pt/c1-41-19-20-42(25-41)27-21-31-29-13-5-7-15-34(29)46-39(31)33(22-27)43(26-11-3-2-4-12-26)32-23-28(44-37-17-9-10-18-40-37)24-36-38(32)30-14-6-8-16-35(30)45-36;/h2-21,24-25H,1H3;/q-3;. The molecule has 5 aromatic carbocycles. The van der Waals surface area contributed by atoms with Gasteiger partial charge in [-0.2, -0.15) is 6.67 Å². The van der Waals surface area contributed by atoms with E-state index in [9.17, 15) is 0 Å². The first kappa shape index (κ1) is 28.9. The molecule has 0 aliphatic carbocycles. The van der Waals surface area contributed by atoms with Crippen LogP contribution in [0.4, 0.5) is 22.7 Å². The Morgan fingerprint density at radius 1 is 0.723 bits per heavy atom. The van der Waals surface area contributed by atoms with E-state index in [0.717, 1.165) is 55.5 Å². The third-order valence-electron chi connectivity index (χ3n) is 8.10. The molecule has 0 fully saturated rings. The number of rotatable bonds is 6. The second-order valence-electron chi connectivity index (χ2n) is 11.1. The van der Waals surface area contributed by atoms with Crippen molar-refractivity contribution < 1.29 is 34.6 Å². The summed E-state index contributed by atoms with van der Waals surface area (Å²) in [7, 11) is 2.00. The summed E-state index contributed by atoms with van der Waals surface area (Å²) >= 11 is 0. The van der Waals surface area contributed by atoms with Gasteiger partial charge in [-0.05, 0) is 60.9 Å². The van der Waals surface area contributed by atoms with Crippen molar-refractivity contribution in [2.75, 3.05) is 16.8 Å². The van der Waals surface area contributed by atoms with E-state index in [4.69, 9.17) is 13.6 Å². The molecule has 7 nitrogen and oxygen atoms in total. The molecule has 232 valence electrons. The summed E-state index contributed by atoms with van der Waals surface area (Å²) < 4.78 is 19.4. The average molecular weight is 793 g/mol. The molecule has 0 saturated heterocycles. The fourth-order valence-corrected chi connectivity index (χ4v) is 6.06. The van der Waals surface area contributed by atoms with Crippen LogP contribution < -0.4 is 14.5 Å². The molecular formula is C39H25N4O3Pt-3. The zero-order chi connectivity index (χ0) is 30.6. The van der Waals surface area contributed by atoms with Gasteiger partial charge in [0.25, 0.3) is 0 Å². The Morgan fingerprint density at radius 2 is 1.47 bits per heavy atom.